The van der Waals surface area contributed by atoms with Gasteiger partial charge in [0.25, 0.3) is 0 Å². The van der Waals surface area contributed by atoms with Gasteiger partial charge in [0, 0.05) is 6.42 Å². The minimum absolute atomic E-state index is 0.0166. The molecule has 0 spiro atoms. The van der Waals surface area contributed by atoms with Crippen molar-refractivity contribution in [2.45, 2.75) is 39.8 Å². The first-order valence-corrected chi connectivity index (χ1v) is 7.71. The van der Waals surface area contributed by atoms with E-state index in [2.05, 4.69) is 20.7 Å². The van der Waals surface area contributed by atoms with Crippen LogP contribution < -0.4 is 5.32 Å². The number of ether oxygens (including phenoxy) is 1. The lowest BCUT2D eigenvalue weighted by Crippen LogP contribution is -2.35. The zero-order chi connectivity index (χ0) is 17.6. The highest BCUT2D eigenvalue weighted by atomic mass is 16.5. The van der Waals surface area contributed by atoms with Gasteiger partial charge in [0.15, 0.2) is 5.78 Å². The Morgan fingerprint density at radius 3 is 2.54 bits per heavy atom. The molecule has 0 saturated carbocycles. The summed E-state index contributed by atoms with van der Waals surface area (Å²) in [6.07, 6.45) is 1.14. The van der Waals surface area contributed by atoms with Gasteiger partial charge in [-0.05, 0) is 11.0 Å². The Bertz CT molecular complexity index is 663. The number of nitrogens with zero attached hydrogens (tertiary/aromatic N) is 2. The molecule has 0 radical (unpaired) electrons. The second-order valence-electron chi connectivity index (χ2n) is 6.73. The molecule has 1 aromatic heterocycles. The number of Topliss-reactive ketones (excluding diaryl/α,β-unsaturated/α-hetero) is 1. The van der Waals surface area contributed by atoms with Crippen LogP contribution in [0.4, 0.5) is 4.79 Å². The highest BCUT2D eigenvalue weighted by Crippen LogP contribution is 2.24. The van der Waals surface area contributed by atoms with Crippen LogP contribution in [-0.4, -0.2) is 27.3 Å². The second-order valence-corrected chi connectivity index (χ2v) is 6.73. The first-order valence-electron chi connectivity index (χ1n) is 7.71. The summed E-state index contributed by atoms with van der Waals surface area (Å²) in [4.78, 5) is 24.7. The molecule has 0 fully saturated rings. The summed E-state index contributed by atoms with van der Waals surface area (Å²) in [6.45, 7) is 5.93. The maximum absolute atomic E-state index is 12.6. The first-order chi connectivity index (χ1) is 11.3. The van der Waals surface area contributed by atoms with E-state index in [9.17, 15) is 9.59 Å². The molecule has 1 atom stereocenters. The largest absolute Gasteiger partial charge is 0.443 e. The quantitative estimate of drug-likeness (QED) is 0.849. The van der Waals surface area contributed by atoms with E-state index in [-0.39, 0.29) is 17.8 Å². The normalized spacial score (nSPS) is 12.5. The number of nitrogens with one attached hydrogen (secondary N) is 2. The molecular formula is C17H22N4O3. The van der Waals surface area contributed by atoms with E-state index in [0.717, 1.165) is 5.56 Å². The third-order valence-electron chi connectivity index (χ3n) is 3.24. The summed E-state index contributed by atoms with van der Waals surface area (Å²) >= 11 is 0. The molecule has 0 bridgehead atoms. The molecule has 24 heavy (non-hydrogen) atoms. The fraction of sp³-hybridized carbons (Fsp3) is 0.412. The summed E-state index contributed by atoms with van der Waals surface area (Å²) in [7, 11) is 0. The van der Waals surface area contributed by atoms with Gasteiger partial charge in [0.05, 0.1) is 6.20 Å². The van der Waals surface area contributed by atoms with Crippen LogP contribution in [0.1, 0.15) is 44.5 Å². The van der Waals surface area contributed by atoms with Crippen LogP contribution in [0.15, 0.2) is 36.5 Å². The van der Waals surface area contributed by atoms with Crippen LogP contribution in [0.2, 0.25) is 0 Å². The average Bonchev–Trinajstić information content (AvgIpc) is 3.03. The molecule has 0 aliphatic carbocycles. The lowest BCUT2D eigenvalue weighted by atomic mass is 9.86. The molecule has 0 aliphatic rings. The Morgan fingerprint density at radius 1 is 1.25 bits per heavy atom. The maximum Gasteiger partial charge on any atom is 0.408 e. The van der Waals surface area contributed by atoms with E-state index in [4.69, 9.17) is 4.74 Å². The van der Waals surface area contributed by atoms with Crippen molar-refractivity contribution < 1.29 is 14.3 Å². The minimum Gasteiger partial charge on any atom is -0.443 e. The number of aromatic nitrogens is 3. The Labute approximate surface area is 140 Å². The van der Waals surface area contributed by atoms with Gasteiger partial charge < -0.3 is 10.1 Å². The SMILES string of the molecule is CC(C)(C)CC(=O)[C@H](NC(=O)OCc1cn[nH]n1)c1ccccc1. The predicted octanol–water partition coefficient (Wildman–Crippen LogP) is 2.78. The molecule has 1 heterocycles. The number of aromatic amines is 1. The minimum atomic E-state index is -0.741. The van der Waals surface area contributed by atoms with Gasteiger partial charge in [-0.2, -0.15) is 15.4 Å². The van der Waals surface area contributed by atoms with Crippen molar-refractivity contribution in [1.29, 1.82) is 0 Å². The van der Waals surface area contributed by atoms with Crippen molar-refractivity contribution in [3.8, 4) is 0 Å². The molecule has 0 unspecified atom stereocenters. The third kappa shape index (κ3) is 5.49. The van der Waals surface area contributed by atoms with Crippen molar-refractivity contribution in [3.05, 3.63) is 47.8 Å². The molecule has 128 valence electrons. The van der Waals surface area contributed by atoms with Crippen LogP contribution in [0.25, 0.3) is 0 Å². The molecular weight excluding hydrogens is 308 g/mol. The standard InChI is InChI=1S/C17H22N4O3/c1-17(2,3)9-14(22)15(12-7-5-4-6-8-12)19-16(23)24-11-13-10-18-21-20-13/h4-8,10,15H,9,11H2,1-3H3,(H,19,23)(H,18,20,21)/t15-/m1/s1. The fourth-order valence-corrected chi connectivity index (χ4v) is 2.21. The molecule has 1 aromatic carbocycles. The number of H-pyrrole nitrogens is 1. The zero-order valence-corrected chi connectivity index (χ0v) is 14.1. The van der Waals surface area contributed by atoms with E-state index in [0.29, 0.717) is 12.1 Å². The Kier molecular flexibility index (Phi) is 5.68. The van der Waals surface area contributed by atoms with Crippen LogP contribution in [0.3, 0.4) is 0 Å². The van der Waals surface area contributed by atoms with Crippen molar-refractivity contribution in [2.75, 3.05) is 0 Å². The maximum atomic E-state index is 12.6. The highest BCUT2D eigenvalue weighted by molar-refractivity contribution is 5.88. The number of rotatable bonds is 6. The third-order valence-corrected chi connectivity index (χ3v) is 3.24. The van der Waals surface area contributed by atoms with Crippen LogP contribution >= 0.6 is 0 Å². The average molecular weight is 330 g/mol. The topological polar surface area (TPSA) is 97.0 Å². The number of amides is 1. The van der Waals surface area contributed by atoms with Gasteiger partial charge in [-0.15, -0.1) is 0 Å². The molecule has 2 N–H and O–H groups in total. The molecule has 2 rings (SSSR count). The van der Waals surface area contributed by atoms with E-state index in [1.165, 1.54) is 6.20 Å². The van der Waals surface area contributed by atoms with Gasteiger partial charge in [0.1, 0.15) is 18.3 Å². The van der Waals surface area contributed by atoms with E-state index >= 15 is 0 Å². The lowest BCUT2D eigenvalue weighted by molar-refractivity contribution is -0.122. The van der Waals surface area contributed by atoms with Crippen molar-refractivity contribution in [2.24, 2.45) is 5.41 Å². The lowest BCUT2D eigenvalue weighted by Gasteiger charge is -2.23. The number of ketones is 1. The van der Waals surface area contributed by atoms with Gasteiger partial charge in [-0.3, -0.25) is 4.79 Å². The molecule has 7 heteroatoms. The predicted molar refractivity (Wildman–Crippen MR) is 88.0 cm³/mol. The van der Waals surface area contributed by atoms with Crippen LogP contribution in [-0.2, 0) is 16.1 Å². The number of alkyl carbamates (subject to hydrolysis) is 1. The fourth-order valence-electron chi connectivity index (χ4n) is 2.21. The summed E-state index contributed by atoms with van der Waals surface area (Å²) in [5.74, 6) is -0.0629. The van der Waals surface area contributed by atoms with Gasteiger partial charge in [0.2, 0.25) is 0 Å². The monoisotopic (exact) mass is 330 g/mol. The van der Waals surface area contributed by atoms with Gasteiger partial charge in [-0.1, -0.05) is 51.1 Å². The van der Waals surface area contributed by atoms with Crippen molar-refractivity contribution in [3.63, 3.8) is 0 Å². The summed E-state index contributed by atoms with van der Waals surface area (Å²) in [5.41, 5.74) is 1.06. The molecule has 0 saturated heterocycles. The van der Waals surface area contributed by atoms with Crippen LogP contribution in [0, 0.1) is 5.41 Å². The smallest absolute Gasteiger partial charge is 0.408 e. The number of carbonyl (C=O) groups is 2. The summed E-state index contributed by atoms with van der Waals surface area (Å²) < 4.78 is 5.09. The number of hydrogen-bond acceptors (Lipinski definition) is 5. The molecule has 1 amide bonds. The van der Waals surface area contributed by atoms with E-state index < -0.39 is 12.1 Å². The summed E-state index contributed by atoms with van der Waals surface area (Å²) in [5, 5.41) is 12.5. The van der Waals surface area contributed by atoms with E-state index in [1.807, 2.05) is 51.1 Å². The van der Waals surface area contributed by atoms with E-state index in [1.54, 1.807) is 0 Å². The Morgan fingerprint density at radius 2 is 1.96 bits per heavy atom. The molecule has 0 aliphatic heterocycles. The summed E-state index contributed by atoms with van der Waals surface area (Å²) in [6, 6.07) is 8.39. The second kappa shape index (κ2) is 7.72. The Hall–Kier alpha value is -2.70. The highest BCUT2D eigenvalue weighted by Gasteiger charge is 2.27. The number of hydrogen-bond donors (Lipinski definition) is 2. The van der Waals surface area contributed by atoms with Gasteiger partial charge >= 0.3 is 6.09 Å². The van der Waals surface area contributed by atoms with Gasteiger partial charge in [-0.25, -0.2) is 4.79 Å². The number of benzene rings is 1. The zero-order valence-electron chi connectivity index (χ0n) is 14.1. The van der Waals surface area contributed by atoms with Crippen molar-refractivity contribution >= 4 is 11.9 Å². The molecule has 2 aromatic rings. The molecule has 7 nitrogen and oxygen atoms in total. The van der Waals surface area contributed by atoms with Crippen LogP contribution in [0.5, 0.6) is 0 Å². The first kappa shape index (κ1) is 17.7. The number of carbonyl (C=O) groups excluding carboxylic acids is 2. The van der Waals surface area contributed by atoms with Crippen molar-refractivity contribution in [1.82, 2.24) is 20.7 Å². The Balaban J connectivity index is 2.05.